The molecular weight excluding hydrogens is 214 g/mol. The molecule has 0 saturated carbocycles. The Morgan fingerprint density at radius 2 is 1.76 bits per heavy atom. The molecule has 0 spiro atoms. The van der Waals surface area contributed by atoms with Crippen LogP contribution in [0, 0.1) is 0 Å². The Morgan fingerprint density at radius 3 is 2.35 bits per heavy atom. The fourth-order valence-electron chi connectivity index (χ4n) is 2.99. The van der Waals surface area contributed by atoms with Gasteiger partial charge in [-0.2, -0.15) is 0 Å². The van der Waals surface area contributed by atoms with Crippen LogP contribution in [-0.4, -0.2) is 60.5 Å². The molecule has 0 radical (unpaired) electrons. The highest BCUT2D eigenvalue weighted by Crippen LogP contribution is 2.23. The molecule has 2 unspecified atom stereocenters. The van der Waals surface area contributed by atoms with Crippen LogP contribution < -0.4 is 5.32 Å². The first-order valence-electron chi connectivity index (χ1n) is 6.92. The van der Waals surface area contributed by atoms with E-state index in [1.165, 1.54) is 12.8 Å². The third-order valence-corrected chi connectivity index (χ3v) is 4.19. The molecule has 2 heterocycles. The number of likely N-dealkylation sites (tertiary alicyclic amines) is 1. The summed E-state index contributed by atoms with van der Waals surface area (Å²) in [4.78, 5) is 16.5. The van der Waals surface area contributed by atoms with Crippen LogP contribution in [0.4, 0.5) is 0 Å². The molecule has 0 aliphatic carbocycles. The SMILES string of the molecule is CC1CCC(C)N1CCC(=O)N1CCNCC1. The number of hydrogen-bond acceptors (Lipinski definition) is 3. The largest absolute Gasteiger partial charge is 0.340 e. The minimum atomic E-state index is 0.331. The van der Waals surface area contributed by atoms with Gasteiger partial charge in [0.2, 0.25) is 5.91 Å². The summed E-state index contributed by atoms with van der Waals surface area (Å²) >= 11 is 0. The summed E-state index contributed by atoms with van der Waals surface area (Å²) < 4.78 is 0. The van der Waals surface area contributed by atoms with Gasteiger partial charge < -0.3 is 10.2 Å². The van der Waals surface area contributed by atoms with E-state index in [1.54, 1.807) is 0 Å². The normalized spacial score (nSPS) is 30.8. The molecule has 0 bridgehead atoms. The number of amides is 1. The van der Waals surface area contributed by atoms with Gasteiger partial charge in [-0.3, -0.25) is 9.69 Å². The highest BCUT2D eigenvalue weighted by Gasteiger charge is 2.27. The molecule has 0 aromatic carbocycles. The fourth-order valence-corrected chi connectivity index (χ4v) is 2.99. The van der Waals surface area contributed by atoms with E-state index in [0.717, 1.165) is 32.7 Å². The molecule has 98 valence electrons. The number of nitrogens with zero attached hydrogens (tertiary/aromatic N) is 2. The van der Waals surface area contributed by atoms with Crippen LogP contribution in [0.25, 0.3) is 0 Å². The van der Waals surface area contributed by atoms with Gasteiger partial charge in [-0.05, 0) is 26.7 Å². The van der Waals surface area contributed by atoms with Crippen molar-refractivity contribution in [1.82, 2.24) is 15.1 Å². The minimum Gasteiger partial charge on any atom is -0.340 e. The summed E-state index contributed by atoms with van der Waals surface area (Å²) in [7, 11) is 0. The van der Waals surface area contributed by atoms with Crippen molar-refractivity contribution < 1.29 is 4.79 Å². The Labute approximate surface area is 104 Å². The van der Waals surface area contributed by atoms with Gasteiger partial charge in [0.15, 0.2) is 0 Å². The van der Waals surface area contributed by atoms with Crippen LogP contribution in [0.5, 0.6) is 0 Å². The Balaban J connectivity index is 1.75. The molecule has 2 saturated heterocycles. The van der Waals surface area contributed by atoms with Gasteiger partial charge in [0.05, 0.1) is 0 Å². The van der Waals surface area contributed by atoms with E-state index in [4.69, 9.17) is 0 Å². The van der Waals surface area contributed by atoms with Crippen molar-refractivity contribution in [2.75, 3.05) is 32.7 Å². The van der Waals surface area contributed by atoms with Gasteiger partial charge in [-0.15, -0.1) is 0 Å². The first-order valence-corrected chi connectivity index (χ1v) is 6.92. The van der Waals surface area contributed by atoms with E-state index in [0.29, 0.717) is 24.4 Å². The molecule has 4 nitrogen and oxygen atoms in total. The van der Waals surface area contributed by atoms with Crippen molar-refractivity contribution in [3.8, 4) is 0 Å². The number of carbonyl (C=O) groups excluding carboxylic acids is 1. The topological polar surface area (TPSA) is 35.6 Å². The maximum atomic E-state index is 12.0. The van der Waals surface area contributed by atoms with Gasteiger partial charge in [-0.25, -0.2) is 0 Å². The molecule has 2 aliphatic heterocycles. The molecule has 1 N–H and O–H groups in total. The van der Waals surface area contributed by atoms with Gasteiger partial charge in [0, 0.05) is 51.2 Å². The van der Waals surface area contributed by atoms with Crippen LogP contribution in [0.2, 0.25) is 0 Å². The number of nitrogens with one attached hydrogen (secondary N) is 1. The molecule has 2 fully saturated rings. The Kier molecular flexibility index (Phi) is 4.40. The molecule has 0 aromatic rings. The highest BCUT2D eigenvalue weighted by atomic mass is 16.2. The third kappa shape index (κ3) is 3.19. The second-order valence-corrected chi connectivity index (χ2v) is 5.39. The van der Waals surface area contributed by atoms with E-state index < -0.39 is 0 Å². The molecule has 1 amide bonds. The molecule has 2 aliphatic rings. The second-order valence-electron chi connectivity index (χ2n) is 5.39. The molecule has 4 heteroatoms. The molecule has 2 rings (SSSR count). The first kappa shape index (κ1) is 12.8. The number of rotatable bonds is 3. The Hall–Kier alpha value is -0.610. The Bertz CT molecular complexity index is 253. The summed E-state index contributed by atoms with van der Waals surface area (Å²) in [5, 5.41) is 3.28. The lowest BCUT2D eigenvalue weighted by atomic mass is 10.2. The van der Waals surface area contributed by atoms with Gasteiger partial charge in [0.1, 0.15) is 0 Å². The first-order chi connectivity index (χ1) is 8.18. The molecule has 2 atom stereocenters. The zero-order valence-electron chi connectivity index (χ0n) is 11.1. The van der Waals surface area contributed by atoms with Crippen molar-refractivity contribution in [3.05, 3.63) is 0 Å². The lowest BCUT2D eigenvalue weighted by Gasteiger charge is -2.30. The lowest BCUT2D eigenvalue weighted by Crippen LogP contribution is -2.47. The lowest BCUT2D eigenvalue weighted by molar-refractivity contribution is -0.132. The van der Waals surface area contributed by atoms with Crippen molar-refractivity contribution >= 4 is 5.91 Å². The summed E-state index contributed by atoms with van der Waals surface area (Å²) in [5.74, 6) is 0.331. The van der Waals surface area contributed by atoms with Gasteiger partial charge in [0.25, 0.3) is 0 Å². The van der Waals surface area contributed by atoms with Crippen LogP contribution >= 0.6 is 0 Å². The molecule has 17 heavy (non-hydrogen) atoms. The third-order valence-electron chi connectivity index (χ3n) is 4.19. The van der Waals surface area contributed by atoms with E-state index in [1.807, 2.05) is 4.90 Å². The van der Waals surface area contributed by atoms with Crippen LogP contribution in [-0.2, 0) is 4.79 Å². The average Bonchev–Trinajstić information content (AvgIpc) is 2.67. The fraction of sp³-hybridized carbons (Fsp3) is 0.923. The predicted octanol–water partition coefficient (Wildman–Crippen LogP) is 0.681. The van der Waals surface area contributed by atoms with E-state index in [2.05, 4.69) is 24.1 Å². The number of piperazine rings is 1. The second kappa shape index (κ2) is 5.83. The number of hydrogen-bond donors (Lipinski definition) is 1. The molecule has 0 aromatic heterocycles. The van der Waals surface area contributed by atoms with Gasteiger partial charge >= 0.3 is 0 Å². The summed E-state index contributed by atoms with van der Waals surface area (Å²) in [6.45, 7) is 9.14. The van der Waals surface area contributed by atoms with Crippen molar-refractivity contribution in [3.63, 3.8) is 0 Å². The van der Waals surface area contributed by atoms with E-state index >= 15 is 0 Å². The molecular formula is C13H25N3O. The van der Waals surface area contributed by atoms with Crippen LogP contribution in [0.1, 0.15) is 33.1 Å². The standard InChI is InChI=1S/C13H25N3O/c1-11-3-4-12(2)16(11)8-5-13(17)15-9-6-14-7-10-15/h11-12,14H,3-10H2,1-2H3. The number of carbonyl (C=O) groups is 1. The van der Waals surface area contributed by atoms with Crippen LogP contribution in [0.15, 0.2) is 0 Å². The maximum absolute atomic E-state index is 12.0. The van der Waals surface area contributed by atoms with Crippen molar-refractivity contribution in [2.24, 2.45) is 0 Å². The van der Waals surface area contributed by atoms with Crippen molar-refractivity contribution in [1.29, 1.82) is 0 Å². The maximum Gasteiger partial charge on any atom is 0.223 e. The predicted molar refractivity (Wildman–Crippen MR) is 68.9 cm³/mol. The quantitative estimate of drug-likeness (QED) is 0.787. The van der Waals surface area contributed by atoms with Gasteiger partial charge in [-0.1, -0.05) is 0 Å². The average molecular weight is 239 g/mol. The summed E-state index contributed by atoms with van der Waals surface area (Å²) in [5.41, 5.74) is 0. The van der Waals surface area contributed by atoms with E-state index in [-0.39, 0.29) is 0 Å². The minimum absolute atomic E-state index is 0.331. The highest BCUT2D eigenvalue weighted by molar-refractivity contribution is 5.76. The smallest absolute Gasteiger partial charge is 0.223 e. The van der Waals surface area contributed by atoms with E-state index in [9.17, 15) is 4.79 Å². The summed E-state index contributed by atoms with van der Waals surface area (Å²) in [6.07, 6.45) is 3.25. The summed E-state index contributed by atoms with van der Waals surface area (Å²) in [6, 6.07) is 1.31. The zero-order valence-corrected chi connectivity index (χ0v) is 11.1. The Morgan fingerprint density at radius 1 is 1.18 bits per heavy atom. The van der Waals surface area contributed by atoms with Crippen molar-refractivity contribution in [2.45, 2.75) is 45.2 Å². The monoisotopic (exact) mass is 239 g/mol. The zero-order chi connectivity index (χ0) is 12.3. The van der Waals surface area contributed by atoms with Crippen LogP contribution in [0.3, 0.4) is 0 Å².